The maximum Gasteiger partial charge on any atom is 0.151 e. The third kappa shape index (κ3) is 3.14. The highest BCUT2D eigenvalue weighted by molar-refractivity contribution is 5.88. The van der Waals surface area contributed by atoms with Crippen molar-refractivity contribution >= 4 is 10.8 Å². The first-order valence-corrected chi connectivity index (χ1v) is 8.43. The summed E-state index contributed by atoms with van der Waals surface area (Å²) < 4.78 is 12.5. The molecule has 1 unspecified atom stereocenters. The number of morpholine rings is 1. The first-order valence-electron chi connectivity index (χ1n) is 8.43. The van der Waals surface area contributed by atoms with Gasteiger partial charge in [0.25, 0.3) is 0 Å². The van der Waals surface area contributed by atoms with E-state index in [0.29, 0.717) is 6.61 Å². The summed E-state index contributed by atoms with van der Waals surface area (Å²) in [7, 11) is 0. The molecule has 2 atom stereocenters. The van der Waals surface area contributed by atoms with Crippen molar-refractivity contribution in [2.75, 3.05) is 19.7 Å². The molecule has 1 heterocycles. The molecule has 1 aliphatic heterocycles. The number of benzene rings is 3. The van der Waals surface area contributed by atoms with Gasteiger partial charge in [-0.05, 0) is 17.0 Å². The smallest absolute Gasteiger partial charge is 0.151 e. The van der Waals surface area contributed by atoms with Crippen molar-refractivity contribution in [3.8, 4) is 5.75 Å². The van der Waals surface area contributed by atoms with Crippen LogP contribution in [0.5, 0.6) is 5.75 Å². The monoisotopic (exact) mass is 319 g/mol. The molecular formula is C21H21NO2. The Bertz CT molecular complexity index is 792. The summed E-state index contributed by atoms with van der Waals surface area (Å²) in [6.07, 6.45) is -0.134. The van der Waals surface area contributed by atoms with E-state index < -0.39 is 0 Å². The van der Waals surface area contributed by atoms with Crippen molar-refractivity contribution in [1.82, 2.24) is 5.32 Å². The summed E-state index contributed by atoms with van der Waals surface area (Å²) in [6.45, 7) is 2.41. The Balaban J connectivity index is 1.70. The van der Waals surface area contributed by atoms with Crippen molar-refractivity contribution in [2.24, 2.45) is 0 Å². The minimum Gasteiger partial charge on any atom is -0.482 e. The van der Waals surface area contributed by atoms with Gasteiger partial charge in [0.15, 0.2) is 6.10 Å². The largest absolute Gasteiger partial charge is 0.482 e. The second-order valence-corrected chi connectivity index (χ2v) is 6.04. The van der Waals surface area contributed by atoms with E-state index in [1.807, 2.05) is 36.4 Å². The lowest BCUT2D eigenvalue weighted by Crippen LogP contribution is -2.43. The molecule has 0 saturated carbocycles. The van der Waals surface area contributed by atoms with Gasteiger partial charge in [-0.25, -0.2) is 0 Å². The molecule has 0 bridgehead atoms. The van der Waals surface area contributed by atoms with Crippen LogP contribution < -0.4 is 10.1 Å². The first kappa shape index (κ1) is 15.2. The number of nitrogens with one attached hydrogen (secondary N) is 1. The van der Waals surface area contributed by atoms with Crippen LogP contribution in [0.15, 0.2) is 72.8 Å². The second-order valence-electron chi connectivity index (χ2n) is 6.04. The van der Waals surface area contributed by atoms with E-state index in [2.05, 4.69) is 41.7 Å². The van der Waals surface area contributed by atoms with Crippen LogP contribution in [0, 0.1) is 0 Å². The van der Waals surface area contributed by atoms with Gasteiger partial charge in [-0.1, -0.05) is 66.7 Å². The molecule has 1 fully saturated rings. The lowest BCUT2D eigenvalue weighted by Gasteiger charge is -2.32. The van der Waals surface area contributed by atoms with E-state index in [0.717, 1.165) is 29.8 Å². The quantitative estimate of drug-likeness (QED) is 0.790. The lowest BCUT2D eigenvalue weighted by atomic mass is 10.0. The fraction of sp³-hybridized carbons (Fsp3) is 0.238. The van der Waals surface area contributed by atoms with Crippen LogP contribution in [0.1, 0.15) is 11.7 Å². The van der Waals surface area contributed by atoms with Gasteiger partial charge in [0.1, 0.15) is 11.9 Å². The summed E-state index contributed by atoms with van der Waals surface area (Å²) in [6, 6.07) is 24.8. The van der Waals surface area contributed by atoms with Gasteiger partial charge in [0, 0.05) is 18.5 Å². The minimum atomic E-state index is -0.134. The average Bonchev–Trinajstić information content (AvgIpc) is 2.67. The Morgan fingerprint density at radius 1 is 0.917 bits per heavy atom. The van der Waals surface area contributed by atoms with Gasteiger partial charge in [-0.2, -0.15) is 0 Å². The summed E-state index contributed by atoms with van der Waals surface area (Å²) >= 11 is 0. The molecule has 3 heteroatoms. The van der Waals surface area contributed by atoms with E-state index in [1.165, 1.54) is 5.39 Å². The number of ether oxygens (including phenoxy) is 2. The molecule has 24 heavy (non-hydrogen) atoms. The molecule has 1 aliphatic rings. The Kier molecular flexibility index (Phi) is 4.45. The zero-order chi connectivity index (χ0) is 16.2. The van der Waals surface area contributed by atoms with Gasteiger partial charge in [-0.15, -0.1) is 0 Å². The van der Waals surface area contributed by atoms with E-state index in [-0.39, 0.29) is 12.2 Å². The van der Waals surface area contributed by atoms with E-state index in [1.54, 1.807) is 0 Å². The molecule has 122 valence electrons. The molecule has 0 aliphatic carbocycles. The molecule has 1 saturated heterocycles. The molecule has 3 aromatic carbocycles. The van der Waals surface area contributed by atoms with Crippen molar-refractivity contribution in [3.63, 3.8) is 0 Å². The molecule has 0 radical (unpaired) electrons. The first-order chi connectivity index (χ1) is 11.9. The van der Waals surface area contributed by atoms with E-state index in [4.69, 9.17) is 9.47 Å². The molecule has 4 rings (SSSR count). The zero-order valence-corrected chi connectivity index (χ0v) is 13.5. The van der Waals surface area contributed by atoms with E-state index in [9.17, 15) is 0 Å². The number of hydrogen-bond donors (Lipinski definition) is 1. The van der Waals surface area contributed by atoms with Crippen LogP contribution in [0.2, 0.25) is 0 Å². The minimum absolute atomic E-state index is 0.000110. The predicted molar refractivity (Wildman–Crippen MR) is 96.4 cm³/mol. The molecular weight excluding hydrogens is 298 g/mol. The van der Waals surface area contributed by atoms with Gasteiger partial charge in [0.2, 0.25) is 0 Å². The maximum absolute atomic E-state index is 6.49. The second kappa shape index (κ2) is 7.04. The van der Waals surface area contributed by atoms with Crippen LogP contribution in [-0.4, -0.2) is 25.8 Å². The van der Waals surface area contributed by atoms with E-state index >= 15 is 0 Å². The van der Waals surface area contributed by atoms with Crippen molar-refractivity contribution < 1.29 is 9.47 Å². The van der Waals surface area contributed by atoms with Crippen LogP contribution in [0.4, 0.5) is 0 Å². The SMILES string of the molecule is c1ccc([C@H](Oc2cccc3ccccc23)C2CNCCO2)cc1. The molecule has 3 aromatic rings. The van der Waals surface area contributed by atoms with Crippen molar-refractivity contribution in [2.45, 2.75) is 12.2 Å². The summed E-state index contributed by atoms with van der Waals surface area (Å²) in [4.78, 5) is 0. The third-order valence-corrected chi connectivity index (χ3v) is 4.43. The van der Waals surface area contributed by atoms with Gasteiger partial charge >= 0.3 is 0 Å². The Morgan fingerprint density at radius 3 is 2.54 bits per heavy atom. The Labute approximate surface area is 142 Å². The van der Waals surface area contributed by atoms with Gasteiger partial charge in [-0.3, -0.25) is 0 Å². The fourth-order valence-corrected chi connectivity index (χ4v) is 3.22. The van der Waals surface area contributed by atoms with Crippen LogP contribution in [0.3, 0.4) is 0 Å². The number of rotatable bonds is 4. The average molecular weight is 319 g/mol. The topological polar surface area (TPSA) is 30.5 Å². The Morgan fingerprint density at radius 2 is 1.71 bits per heavy atom. The zero-order valence-electron chi connectivity index (χ0n) is 13.5. The normalized spacial score (nSPS) is 19.1. The lowest BCUT2D eigenvalue weighted by molar-refractivity contribution is -0.0427. The van der Waals surface area contributed by atoms with Gasteiger partial charge in [0.05, 0.1) is 6.61 Å². The molecule has 0 spiro atoms. The molecule has 0 amide bonds. The predicted octanol–water partition coefficient (Wildman–Crippen LogP) is 3.95. The van der Waals surface area contributed by atoms with Crippen LogP contribution in [-0.2, 0) is 4.74 Å². The number of hydrogen-bond acceptors (Lipinski definition) is 3. The van der Waals surface area contributed by atoms with Crippen LogP contribution >= 0.6 is 0 Å². The summed E-state index contributed by atoms with van der Waals surface area (Å²) in [5.74, 6) is 0.899. The Hall–Kier alpha value is -2.36. The third-order valence-electron chi connectivity index (χ3n) is 4.43. The summed E-state index contributed by atoms with van der Waals surface area (Å²) in [5, 5.41) is 5.72. The fourth-order valence-electron chi connectivity index (χ4n) is 3.22. The number of fused-ring (bicyclic) bond motifs is 1. The maximum atomic E-state index is 6.49. The van der Waals surface area contributed by atoms with Gasteiger partial charge < -0.3 is 14.8 Å². The highest BCUT2D eigenvalue weighted by Gasteiger charge is 2.28. The highest BCUT2D eigenvalue weighted by atomic mass is 16.5. The molecule has 3 nitrogen and oxygen atoms in total. The standard InChI is InChI=1S/C21H21NO2/c1-2-8-17(9-3-1)21(20-15-22-13-14-23-20)24-19-12-6-10-16-7-4-5-11-18(16)19/h1-12,20-22H,13-15H2/t20?,21-/m0/s1. The van der Waals surface area contributed by atoms with Crippen LogP contribution in [0.25, 0.3) is 10.8 Å². The summed E-state index contributed by atoms with van der Waals surface area (Å²) in [5.41, 5.74) is 1.14. The molecule has 0 aromatic heterocycles. The highest BCUT2D eigenvalue weighted by Crippen LogP contribution is 2.32. The molecule has 1 N–H and O–H groups in total. The van der Waals surface area contributed by atoms with Crippen molar-refractivity contribution in [3.05, 3.63) is 78.4 Å². The van der Waals surface area contributed by atoms with Crippen molar-refractivity contribution in [1.29, 1.82) is 0 Å².